The van der Waals surface area contributed by atoms with E-state index >= 15 is 0 Å². The fourth-order valence-corrected chi connectivity index (χ4v) is 1.97. The number of benzene rings is 1. The predicted molar refractivity (Wildman–Crippen MR) is 66.0 cm³/mol. The molecule has 0 atom stereocenters. The smallest absolute Gasteiger partial charge is 0.153 e. The van der Waals surface area contributed by atoms with Gasteiger partial charge in [-0.2, -0.15) is 5.26 Å². The van der Waals surface area contributed by atoms with Crippen LogP contribution in [0.3, 0.4) is 0 Å². The van der Waals surface area contributed by atoms with Crippen molar-refractivity contribution in [1.29, 1.82) is 5.26 Å². The van der Waals surface area contributed by atoms with Crippen LogP contribution in [-0.2, 0) is 9.84 Å². The lowest BCUT2D eigenvalue weighted by molar-refractivity contribution is 0.341. The van der Waals surface area contributed by atoms with E-state index < -0.39 is 9.84 Å². The number of ether oxygens (including phenoxy) is 1. The maximum absolute atomic E-state index is 11.2. The third-order valence-electron chi connectivity index (χ3n) is 2.15. The van der Waals surface area contributed by atoms with Gasteiger partial charge in [-0.15, -0.1) is 0 Å². The van der Waals surface area contributed by atoms with Crippen molar-refractivity contribution in [2.24, 2.45) is 0 Å². The van der Waals surface area contributed by atoms with E-state index in [1.165, 1.54) is 6.07 Å². The van der Waals surface area contributed by atoms with E-state index in [0.29, 0.717) is 16.3 Å². The highest BCUT2D eigenvalue weighted by molar-refractivity contribution is 7.91. The molecule has 4 nitrogen and oxygen atoms in total. The van der Waals surface area contributed by atoms with Gasteiger partial charge in [0.2, 0.25) is 0 Å². The van der Waals surface area contributed by atoms with Gasteiger partial charge in [0.25, 0.3) is 0 Å². The minimum absolute atomic E-state index is 0.0418. The Kier molecular flexibility index (Phi) is 4.79. The van der Waals surface area contributed by atoms with E-state index in [1.54, 1.807) is 19.1 Å². The first kappa shape index (κ1) is 13.8. The van der Waals surface area contributed by atoms with Crippen molar-refractivity contribution in [2.75, 3.05) is 18.1 Å². The molecule has 1 rings (SSSR count). The van der Waals surface area contributed by atoms with Gasteiger partial charge in [-0.3, -0.25) is 0 Å². The molecular formula is C11H12ClNO3S. The Balaban J connectivity index is 2.62. The molecule has 0 aromatic heterocycles. The largest absolute Gasteiger partial charge is 0.491 e. The average Bonchev–Trinajstić information content (AvgIpc) is 2.31. The molecule has 17 heavy (non-hydrogen) atoms. The molecular weight excluding hydrogens is 262 g/mol. The van der Waals surface area contributed by atoms with E-state index in [0.717, 1.165) is 0 Å². The summed E-state index contributed by atoms with van der Waals surface area (Å²) in [6.45, 7) is 1.64. The minimum Gasteiger partial charge on any atom is -0.491 e. The number of nitriles is 1. The molecule has 0 saturated heterocycles. The molecule has 0 unspecified atom stereocenters. The lowest BCUT2D eigenvalue weighted by atomic mass is 10.2. The van der Waals surface area contributed by atoms with E-state index in [9.17, 15) is 8.42 Å². The first-order valence-electron chi connectivity index (χ1n) is 5.01. The van der Waals surface area contributed by atoms with Crippen molar-refractivity contribution >= 4 is 21.4 Å². The van der Waals surface area contributed by atoms with Crippen LogP contribution in [-0.4, -0.2) is 26.5 Å². The molecule has 0 heterocycles. The van der Waals surface area contributed by atoms with E-state index in [-0.39, 0.29) is 18.1 Å². The van der Waals surface area contributed by atoms with E-state index in [1.807, 2.05) is 6.07 Å². The lowest BCUT2D eigenvalue weighted by Gasteiger charge is -2.07. The Morgan fingerprint density at radius 2 is 2.18 bits per heavy atom. The van der Waals surface area contributed by atoms with Crippen molar-refractivity contribution in [3.63, 3.8) is 0 Å². The molecule has 92 valence electrons. The third-order valence-corrected chi connectivity index (χ3v) is 4.12. The number of hydrogen-bond acceptors (Lipinski definition) is 4. The summed E-state index contributed by atoms with van der Waals surface area (Å²) >= 11 is 5.87. The van der Waals surface area contributed by atoms with Gasteiger partial charge in [-0.05, 0) is 18.2 Å². The van der Waals surface area contributed by atoms with Gasteiger partial charge in [0.1, 0.15) is 12.4 Å². The van der Waals surface area contributed by atoms with Gasteiger partial charge < -0.3 is 4.74 Å². The van der Waals surface area contributed by atoms with Crippen LogP contribution in [0.4, 0.5) is 0 Å². The zero-order valence-electron chi connectivity index (χ0n) is 9.31. The Hall–Kier alpha value is -1.25. The average molecular weight is 274 g/mol. The number of halogens is 1. The highest BCUT2D eigenvalue weighted by Gasteiger charge is 2.08. The number of sulfone groups is 1. The summed E-state index contributed by atoms with van der Waals surface area (Å²) in [7, 11) is -3.04. The van der Waals surface area contributed by atoms with Gasteiger partial charge >= 0.3 is 0 Å². The molecule has 0 radical (unpaired) electrons. The van der Waals surface area contributed by atoms with Crippen LogP contribution in [0.15, 0.2) is 18.2 Å². The molecule has 0 aliphatic heterocycles. The van der Waals surface area contributed by atoms with Gasteiger partial charge in [0.15, 0.2) is 9.84 Å². The zero-order valence-corrected chi connectivity index (χ0v) is 10.9. The third kappa shape index (κ3) is 4.25. The van der Waals surface area contributed by atoms with Crippen molar-refractivity contribution < 1.29 is 13.2 Å². The summed E-state index contributed by atoms with van der Waals surface area (Å²) in [4.78, 5) is 0. The summed E-state index contributed by atoms with van der Waals surface area (Å²) < 4.78 is 27.7. The van der Waals surface area contributed by atoms with Crippen molar-refractivity contribution in [2.45, 2.75) is 6.92 Å². The second-order valence-corrected chi connectivity index (χ2v) is 6.22. The van der Waals surface area contributed by atoms with Crippen LogP contribution in [0, 0.1) is 11.3 Å². The molecule has 1 aromatic carbocycles. The Morgan fingerprint density at radius 1 is 1.47 bits per heavy atom. The van der Waals surface area contributed by atoms with Crippen LogP contribution in [0.2, 0.25) is 5.02 Å². The number of nitrogens with zero attached hydrogens (tertiary/aromatic N) is 1. The van der Waals surface area contributed by atoms with Crippen molar-refractivity contribution in [3.8, 4) is 11.8 Å². The van der Waals surface area contributed by atoms with E-state index in [4.69, 9.17) is 21.6 Å². The standard InChI is InChI=1S/C11H12ClNO3S/c1-2-17(14,15)6-5-16-11-4-3-9(8-13)7-10(11)12/h3-4,7H,2,5-6H2,1H3. The topological polar surface area (TPSA) is 67.2 Å². The minimum atomic E-state index is -3.04. The number of hydrogen-bond donors (Lipinski definition) is 0. The molecule has 0 aliphatic carbocycles. The maximum atomic E-state index is 11.2. The SMILES string of the molecule is CCS(=O)(=O)CCOc1ccc(C#N)cc1Cl. The summed E-state index contributed by atoms with van der Waals surface area (Å²) in [5, 5.41) is 8.94. The van der Waals surface area contributed by atoms with E-state index in [2.05, 4.69) is 0 Å². The Morgan fingerprint density at radius 3 is 2.71 bits per heavy atom. The molecule has 0 aliphatic rings. The second-order valence-electron chi connectivity index (χ2n) is 3.34. The van der Waals surface area contributed by atoms with Crippen LogP contribution < -0.4 is 4.74 Å². The monoisotopic (exact) mass is 273 g/mol. The highest BCUT2D eigenvalue weighted by atomic mass is 35.5. The quantitative estimate of drug-likeness (QED) is 0.823. The molecule has 0 N–H and O–H groups in total. The van der Waals surface area contributed by atoms with Gasteiger partial charge in [-0.25, -0.2) is 8.42 Å². The van der Waals surface area contributed by atoms with Crippen LogP contribution in [0.25, 0.3) is 0 Å². The summed E-state index contributed by atoms with van der Waals surface area (Å²) in [6.07, 6.45) is 0. The normalized spacial score (nSPS) is 10.9. The second kappa shape index (κ2) is 5.89. The molecule has 0 amide bonds. The van der Waals surface area contributed by atoms with Crippen molar-refractivity contribution in [1.82, 2.24) is 0 Å². The molecule has 0 saturated carbocycles. The first-order chi connectivity index (χ1) is 7.98. The van der Waals surface area contributed by atoms with Crippen LogP contribution >= 0.6 is 11.6 Å². The number of rotatable bonds is 5. The van der Waals surface area contributed by atoms with Crippen LogP contribution in [0.5, 0.6) is 5.75 Å². The van der Waals surface area contributed by atoms with Gasteiger partial charge in [0, 0.05) is 5.75 Å². The van der Waals surface area contributed by atoms with Crippen molar-refractivity contribution in [3.05, 3.63) is 28.8 Å². The van der Waals surface area contributed by atoms with Gasteiger partial charge in [-0.1, -0.05) is 18.5 Å². The lowest BCUT2D eigenvalue weighted by Crippen LogP contribution is -2.15. The first-order valence-corrected chi connectivity index (χ1v) is 7.21. The molecule has 1 aromatic rings. The molecule has 0 fully saturated rings. The Labute approximate surface area is 106 Å². The predicted octanol–water partition coefficient (Wildman–Crippen LogP) is 2.03. The summed E-state index contributed by atoms with van der Waals surface area (Å²) in [5.41, 5.74) is 0.434. The fraction of sp³-hybridized carbons (Fsp3) is 0.364. The summed E-state index contributed by atoms with van der Waals surface area (Å²) in [6, 6.07) is 6.55. The zero-order chi connectivity index (χ0) is 12.9. The summed E-state index contributed by atoms with van der Waals surface area (Å²) in [5.74, 6) is 0.439. The maximum Gasteiger partial charge on any atom is 0.153 e. The fourth-order valence-electron chi connectivity index (χ4n) is 1.11. The molecule has 6 heteroatoms. The highest BCUT2D eigenvalue weighted by Crippen LogP contribution is 2.25. The van der Waals surface area contributed by atoms with Gasteiger partial charge in [0.05, 0.1) is 22.4 Å². The molecule has 0 bridgehead atoms. The Bertz CT molecular complexity index is 534. The van der Waals surface area contributed by atoms with Crippen LogP contribution in [0.1, 0.15) is 12.5 Å². The molecule has 0 spiro atoms.